The van der Waals surface area contributed by atoms with Crippen LogP contribution in [0.5, 0.6) is 5.75 Å². The van der Waals surface area contributed by atoms with Crippen LogP contribution in [0.4, 0.5) is 10.5 Å². The van der Waals surface area contributed by atoms with Crippen LogP contribution >= 0.6 is 11.6 Å². The number of urea groups is 1. The Morgan fingerprint density at radius 3 is 2.06 bits per heavy atom. The van der Waals surface area contributed by atoms with E-state index in [2.05, 4.69) is 22.6 Å². The van der Waals surface area contributed by atoms with Gasteiger partial charge in [0.2, 0.25) is 5.91 Å². The number of phenolic OH excluding ortho intramolecular Hbond substituents is 1. The molecule has 0 spiro atoms. The van der Waals surface area contributed by atoms with Gasteiger partial charge in [0, 0.05) is 23.8 Å². The summed E-state index contributed by atoms with van der Waals surface area (Å²) >= 11 is 5.92. The van der Waals surface area contributed by atoms with Gasteiger partial charge in [-0.05, 0) is 99.6 Å². The molecule has 0 unspecified atom stereocenters. The van der Waals surface area contributed by atoms with Crippen molar-refractivity contribution in [2.24, 2.45) is 11.8 Å². The largest absolute Gasteiger partial charge is 0.508 e. The second kappa shape index (κ2) is 11.1. The zero-order valence-electron chi connectivity index (χ0n) is 19.5. The van der Waals surface area contributed by atoms with Gasteiger partial charge < -0.3 is 25.5 Å². The molecule has 2 saturated heterocycles. The summed E-state index contributed by atoms with van der Waals surface area (Å²) in [4.78, 5) is 30.5. The molecule has 4 rings (SSSR count). The number of carbonyl (C=O) groups is 2. The molecule has 0 aromatic heterocycles. The highest BCUT2D eigenvalue weighted by Gasteiger charge is 2.33. The molecule has 3 amide bonds. The second-order valence-electron chi connectivity index (χ2n) is 9.43. The lowest BCUT2D eigenvalue weighted by Gasteiger charge is -2.40. The third kappa shape index (κ3) is 6.21. The van der Waals surface area contributed by atoms with Crippen LogP contribution in [-0.4, -0.2) is 60.1 Å². The van der Waals surface area contributed by atoms with Crippen molar-refractivity contribution in [2.45, 2.75) is 31.7 Å². The van der Waals surface area contributed by atoms with Crippen LogP contribution in [0.2, 0.25) is 5.02 Å². The number of likely N-dealkylation sites (tertiary alicyclic amines) is 2. The smallest absolute Gasteiger partial charge is 0.320 e. The third-order valence-electron chi connectivity index (χ3n) is 7.13. The first-order valence-corrected chi connectivity index (χ1v) is 12.4. The minimum absolute atomic E-state index is 0.111. The fraction of sp³-hybridized carbons (Fsp3) is 0.462. The van der Waals surface area contributed by atoms with Gasteiger partial charge in [-0.2, -0.15) is 0 Å². The van der Waals surface area contributed by atoms with E-state index in [0.29, 0.717) is 35.3 Å². The van der Waals surface area contributed by atoms with E-state index in [4.69, 9.17) is 11.6 Å². The molecule has 0 saturated carbocycles. The van der Waals surface area contributed by atoms with E-state index < -0.39 is 12.1 Å². The Morgan fingerprint density at radius 2 is 1.47 bits per heavy atom. The Bertz CT molecular complexity index is 967. The maximum absolute atomic E-state index is 13.5. The Kier molecular flexibility index (Phi) is 7.95. The van der Waals surface area contributed by atoms with Crippen LogP contribution in [0.3, 0.4) is 0 Å². The molecule has 2 fully saturated rings. The van der Waals surface area contributed by atoms with Gasteiger partial charge in [0.1, 0.15) is 11.8 Å². The van der Waals surface area contributed by atoms with Gasteiger partial charge in [0.25, 0.3) is 0 Å². The number of carbonyl (C=O) groups excluding carboxylic acids is 2. The van der Waals surface area contributed by atoms with Crippen molar-refractivity contribution in [1.29, 1.82) is 0 Å². The average Bonchev–Trinajstić information content (AvgIpc) is 2.85. The molecule has 2 aromatic carbocycles. The van der Waals surface area contributed by atoms with Gasteiger partial charge in [-0.1, -0.05) is 23.7 Å². The molecule has 182 valence electrons. The summed E-state index contributed by atoms with van der Waals surface area (Å²) in [5.41, 5.74) is 1.21. The molecular weight excluding hydrogens is 452 g/mol. The van der Waals surface area contributed by atoms with Crippen LogP contribution in [0, 0.1) is 11.8 Å². The quantitative estimate of drug-likeness (QED) is 0.583. The minimum Gasteiger partial charge on any atom is -0.508 e. The van der Waals surface area contributed by atoms with E-state index in [-0.39, 0.29) is 11.7 Å². The van der Waals surface area contributed by atoms with E-state index in [1.54, 1.807) is 36.4 Å². The lowest BCUT2D eigenvalue weighted by Crippen LogP contribution is -2.48. The van der Waals surface area contributed by atoms with Gasteiger partial charge in [0.15, 0.2) is 0 Å². The SMILES string of the molecule is CN1CCC(C2CCN(C(=O)[C@H](NC(=O)Nc3ccc(Cl)cc3)c3ccc(O)cc3)CC2)CC1. The molecule has 2 heterocycles. The van der Waals surface area contributed by atoms with Gasteiger partial charge in [-0.3, -0.25) is 4.79 Å². The number of piperidine rings is 2. The summed E-state index contributed by atoms with van der Waals surface area (Å²) in [6, 6.07) is 11.9. The van der Waals surface area contributed by atoms with E-state index in [9.17, 15) is 14.7 Å². The Morgan fingerprint density at radius 1 is 0.912 bits per heavy atom. The van der Waals surface area contributed by atoms with Crippen LogP contribution in [0.25, 0.3) is 0 Å². The number of halogens is 1. The first-order chi connectivity index (χ1) is 16.4. The average molecular weight is 485 g/mol. The first-order valence-electron chi connectivity index (χ1n) is 12.0. The summed E-state index contributed by atoms with van der Waals surface area (Å²) < 4.78 is 0. The van der Waals surface area contributed by atoms with Crippen LogP contribution in [0.1, 0.15) is 37.3 Å². The summed E-state index contributed by atoms with van der Waals surface area (Å²) in [6.45, 7) is 3.70. The first kappa shape index (κ1) is 24.4. The maximum Gasteiger partial charge on any atom is 0.320 e. The van der Waals surface area contributed by atoms with Crippen molar-refractivity contribution >= 4 is 29.2 Å². The zero-order valence-corrected chi connectivity index (χ0v) is 20.3. The molecular formula is C26H33ClN4O3. The lowest BCUT2D eigenvalue weighted by molar-refractivity contribution is -0.135. The van der Waals surface area contributed by atoms with Crippen LogP contribution in [0.15, 0.2) is 48.5 Å². The van der Waals surface area contributed by atoms with Gasteiger partial charge >= 0.3 is 6.03 Å². The topological polar surface area (TPSA) is 84.9 Å². The number of nitrogens with zero attached hydrogens (tertiary/aromatic N) is 2. The highest BCUT2D eigenvalue weighted by molar-refractivity contribution is 6.30. The summed E-state index contributed by atoms with van der Waals surface area (Å²) in [6.07, 6.45) is 4.47. The fourth-order valence-corrected chi connectivity index (χ4v) is 5.19. The zero-order chi connectivity index (χ0) is 24.1. The summed E-state index contributed by atoms with van der Waals surface area (Å²) in [7, 11) is 2.18. The standard InChI is InChI=1S/C26H33ClN4O3/c1-30-14-10-18(11-15-30)19-12-16-31(17-13-19)25(33)24(20-2-8-23(32)9-3-20)29-26(34)28-22-6-4-21(27)5-7-22/h2-9,18-19,24,32H,10-17H2,1H3,(H2,28,29,34)/t24-/m1/s1. The highest BCUT2D eigenvalue weighted by atomic mass is 35.5. The number of aromatic hydroxyl groups is 1. The molecule has 0 aliphatic carbocycles. The van der Waals surface area contributed by atoms with Gasteiger partial charge in [0.05, 0.1) is 0 Å². The molecule has 2 aliphatic heterocycles. The van der Waals surface area contributed by atoms with E-state index in [0.717, 1.165) is 31.8 Å². The fourth-order valence-electron chi connectivity index (χ4n) is 5.06. The lowest BCUT2D eigenvalue weighted by atomic mass is 9.79. The molecule has 2 aliphatic rings. The molecule has 1 atom stereocenters. The van der Waals surface area contributed by atoms with Crippen LogP contribution < -0.4 is 10.6 Å². The molecule has 3 N–H and O–H groups in total. The van der Waals surface area contributed by atoms with E-state index in [1.165, 1.54) is 25.0 Å². The van der Waals surface area contributed by atoms with Gasteiger partial charge in [-0.25, -0.2) is 4.79 Å². The number of amides is 3. The Balaban J connectivity index is 1.41. The number of phenols is 1. The van der Waals surface area contributed by atoms with Crippen molar-refractivity contribution < 1.29 is 14.7 Å². The number of benzene rings is 2. The monoisotopic (exact) mass is 484 g/mol. The van der Waals surface area contributed by atoms with Crippen LogP contribution in [-0.2, 0) is 4.79 Å². The molecule has 2 aromatic rings. The Hall–Kier alpha value is -2.77. The second-order valence-corrected chi connectivity index (χ2v) is 9.87. The molecule has 34 heavy (non-hydrogen) atoms. The van der Waals surface area contributed by atoms with Gasteiger partial charge in [-0.15, -0.1) is 0 Å². The number of nitrogens with one attached hydrogen (secondary N) is 2. The highest BCUT2D eigenvalue weighted by Crippen LogP contribution is 2.33. The molecule has 8 heteroatoms. The van der Waals surface area contributed by atoms with Crippen molar-refractivity contribution in [3.63, 3.8) is 0 Å². The number of rotatable bonds is 5. The molecule has 7 nitrogen and oxygen atoms in total. The Labute approximate surface area is 206 Å². The number of hydrogen-bond donors (Lipinski definition) is 3. The van der Waals surface area contributed by atoms with Crippen molar-refractivity contribution in [2.75, 3.05) is 38.5 Å². The van der Waals surface area contributed by atoms with Crippen molar-refractivity contribution in [3.8, 4) is 5.75 Å². The minimum atomic E-state index is -0.840. The predicted molar refractivity (Wildman–Crippen MR) is 134 cm³/mol. The predicted octanol–water partition coefficient (Wildman–Crippen LogP) is 4.49. The summed E-state index contributed by atoms with van der Waals surface area (Å²) in [5.74, 6) is 1.38. The molecule has 0 bridgehead atoms. The number of hydrogen-bond acceptors (Lipinski definition) is 4. The molecule has 0 radical (unpaired) electrons. The van der Waals surface area contributed by atoms with E-state index >= 15 is 0 Å². The third-order valence-corrected chi connectivity index (χ3v) is 7.38. The van der Waals surface area contributed by atoms with Crippen molar-refractivity contribution in [1.82, 2.24) is 15.1 Å². The van der Waals surface area contributed by atoms with Crippen molar-refractivity contribution in [3.05, 3.63) is 59.1 Å². The number of anilines is 1. The normalized spacial score (nSPS) is 18.9. The maximum atomic E-state index is 13.5. The summed E-state index contributed by atoms with van der Waals surface area (Å²) in [5, 5.41) is 15.9. The van der Waals surface area contributed by atoms with E-state index in [1.807, 2.05) is 4.90 Å².